The predicted octanol–water partition coefficient (Wildman–Crippen LogP) is 6.28. The topological polar surface area (TPSA) is 58.6 Å². The van der Waals surface area contributed by atoms with Crippen molar-refractivity contribution >= 4 is 34.8 Å². The molecule has 1 aliphatic heterocycles. The van der Waals surface area contributed by atoms with Crippen LogP contribution in [0.4, 0.5) is 11.4 Å². The SMILES string of the molecule is COc1ccccc1CC(=O)Nc1ccc(C(=O)N2Cc3ccccc3Cc3cc(Cl)ccc32)cc1. The van der Waals surface area contributed by atoms with Crippen LogP contribution in [0.3, 0.4) is 0 Å². The summed E-state index contributed by atoms with van der Waals surface area (Å²) in [6, 6.07) is 28.2. The highest BCUT2D eigenvalue weighted by molar-refractivity contribution is 6.30. The van der Waals surface area contributed by atoms with Gasteiger partial charge in [-0.25, -0.2) is 0 Å². The van der Waals surface area contributed by atoms with Gasteiger partial charge in [0.05, 0.1) is 20.1 Å². The van der Waals surface area contributed by atoms with Crippen molar-refractivity contribution in [3.05, 3.63) is 124 Å². The lowest BCUT2D eigenvalue weighted by Gasteiger charge is -2.24. The number of rotatable bonds is 5. The molecule has 0 bridgehead atoms. The van der Waals surface area contributed by atoms with Gasteiger partial charge in [0.15, 0.2) is 0 Å². The first kappa shape index (κ1) is 23.6. The van der Waals surface area contributed by atoms with Gasteiger partial charge in [-0.3, -0.25) is 9.59 Å². The van der Waals surface area contributed by atoms with E-state index in [0.29, 0.717) is 35.0 Å². The van der Waals surface area contributed by atoms with Crippen molar-refractivity contribution in [1.29, 1.82) is 0 Å². The Morgan fingerprint density at radius 2 is 1.61 bits per heavy atom. The molecule has 6 heteroatoms. The van der Waals surface area contributed by atoms with Gasteiger partial charge in [0.2, 0.25) is 5.91 Å². The zero-order chi connectivity index (χ0) is 25.1. The Kier molecular flexibility index (Phi) is 6.74. The molecule has 180 valence electrons. The van der Waals surface area contributed by atoms with Gasteiger partial charge in [0.25, 0.3) is 5.91 Å². The summed E-state index contributed by atoms with van der Waals surface area (Å²) in [4.78, 5) is 28.0. The lowest BCUT2D eigenvalue weighted by molar-refractivity contribution is -0.115. The highest BCUT2D eigenvalue weighted by atomic mass is 35.5. The first-order valence-electron chi connectivity index (χ1n) is 11.7. The van der Waals surface area contributed by atoms with Crippen LogP contribution in [-0.2, 0) is 24.2 Å². The molecule has 0 aromatic heterocycles. The first-order valence-corrected chi connectivity index (χ1v) is 12.1. The van der Waals surface area contributed by atoms with Crippen molar-refractivity contribution in [3.63, 3.8) is 0 Å². The van der Waals surface area contributed by atoms with Crippen LogP contribution in [0.15, 0.2) is 91.0 Å². The molecule has 0 saturated carbocycles. The summed E-state index contributed by atoms with van der Waals surface area (Å²) in [6.45, 7) is 0.473. The maximum atomic E-state index is 13.6. The minimum Gasteiger partial charge on any atom is -0.496 e. The summed E-state index contributed by atoms with van der Waals surface area (Å²) >= 11 is 6.28. The molecule has 0 aliphatic carbocycles. The van der Waals surface area contributed by atoms with E-state index in [2.05, 4.69) is 17.4 Å². The van der Waals surface area contributed by atoms with E-state index in [1.165, 1.54) is 5.56 Å². The molecule has 2 amide bonds. The highest BCUT2D eigenvalue weighted by Gasteiger charge is 2.25. The molecule has 36 heavy (non-hydrogen) atoms. The summed E-state index contributed by atoms with van der Waals surface area (Å²) in [7, 11) is 1.59. The van der Waals surface area contributed by atoms with Crippen LogP contribution in [0.2, 0.25) is 5.02 Å². The van der Waals surface area contributed by atoms with E-state index in [1.54, 1.807) is 36.3 Å². The van der Waals surface area contributed by atoms with Crippen LogP contribution < -0.4 is 15.0 Å². The third-order valence-electron chi connectivity index (χ3n) is 6.36. The van der Waals surface area contributed by atoms with Gasteiger partial charge in [0.1, 0.15) is 5.75 Å². The number of hydrogen-bond donors (Lipinski definition) is 1. The maximum Gasteiger partial charge on any atom is 0.258 e. The van der Waals surface area contributed by atoms with E-state index in [4.69, 9.17) is 16.3 Å². The second kappa shape index (κ2) is 10.3. The first-order chi connectivity index (χ1) is 17.5. The maximum absolute atomic E-state index is 13.6. The van der Waals surface area contributed by atoms with E-state index >= 15 is 0 Å². The Labute approximate surface area is 215 Å². The smallest absolute Gasteiger partial charge is 0.258 e. The molecule has 0 spiro atoms. The number of carbonyl (C=O) groups excluding carboxylic acids is 2. The number of ether oxygens (including phenoxy) is 1. The number of para-hydroxylation sites is 1. The minimum absolute atomic E-state index is 0.109. The number of carbonyl (C=O) groups is 2. The van der Waals surface area contributed by atoms with Crippen molar-refractivity contribution in [2.45, 2.75) is 19.4 Å². The number of nitrogens with one attached hydrogen (secondary N) is 1. The number of fused-ring (bicyclic) bond motifs is 2. The van der Waals surface area contributed by atoms with Crippen LogP contribution in [0.25, 0.3) is 0 Å². The fourth-order valence-electron chi connectivity index (χ4n) is 4.56. The fourth-order valence-corrected chi connectivity index (χ4v) is 4.76. The third kappa shape index (κ3) is 4.97. The van der Waals surface area contributed by atoms with Crippen molar-refractivity contribution in [3.8, 4) is 5.75 Å². The number of amides is 2. The van der Waals surface area contributed by atoms with Gasteiger partial charge >= 0.3 is 0 Å². The highest BCUT2D eigenvalue weighted by Crippen LogP contribution is 2.33. The summed E-state index contributed by atoms with van der Waals surface area (Å²) in [6.07, 6.45) is 0.907. The van der Waals surface area contributed by atoms with E-state index < -0.39 is 0 Å². The lowest BCUT2D eigenvalue weighted by atomic mass is 10.0. The van der Waals surface area contributed by atoms with E-state index in [9.17, 15) is 9.59 Å². The molecule has 0 atom stereocenters. The number of nitrogens with zero attached hydrogens (tertiary/aromatic N) is 1. The minimum atomic E-state index is -0.159. The molecule has 0 saturated heterocycles. The molecule has 1 aliphatic rings. The number of halogens is 1. The average Bonchev–Trinajstić information content (AvgIpc) is 3.05. The van der Waals surface area contributed by atoms with Crippen molar-refractivity contribution in [2.75, 3.05) is 17.3 Å². The number of methoxy groups -OCH3 is 1. The van der Waals surface area contributed by atoms with Gasteiger partial charge in [-0.15, -0.1) is 0 Å². The molecular weight excluding hydrogens is 472 g/mol. The van der Waals surface area contributed by atoms with Crippen LogP contribution in [-0.4, -0.2) is 18.9 Å². The largest absolute Gasteiger partial charge is 0.496 e. The molecule has 0 fully saturated rings. The molecule has 0 unspecified atom stereocenters. The summed E-state index contributed by atoms with van der Waals surface area (Å²) in [5.41, 5.74) is 6.14. The summed E-state index contributed by atoms with van der Waals surface area (Å²) < 4.78 is 5.33. The fraction of sp³-hybridized carbons (Fsp3) is 0.133. The van der Waals surface area contributed by atoms with Gasteiger partial charge in [-0.2, -0.15) is 0 Å². The summed E-state index contributed by atoms with van der Waals surface area (Å²) in [5.74, 6) is 0.407. The van der Waals surface area contributed by atoms with Gasteiger partial charge < -0.3 is 15.0 Å². The third-order valence-corrected chi connectivity index (χ3v) is 6.60. The molecule has 4 aromatic rings. The Morgan fingerprint density at radius 1 is 0.889 bits per heavy atom. The van der Waals surface area contributed by atoms with E-state index in [1.807, 2.05) is 54.6 Å². The molecule has 1 N–H and O–H groups in total. The average molecular weight is 497 g/mol. The lowest BCUT2D eigenvalue weighted by Crippen LogP contribution is -2.30. The number of benzene rings is 4. The van der Waals surface area contributed by atoms with E-state index in [-0.39, 0.29) is 18.2 Å². The Hall–Kier alpha value is -4.09. The Balaban J connectivity index is 1.35. The van der Waals surface area contributed by atoms with Crippen LogP contribution in [0, 0.1) is 0 Å². The normalized spacial score (nSPS) is 12.2. The number of anilines is 2. The zero-order valence-corrected chi connectivity index (χ0v) is 20.6. The molecule has 5 rings (SSSR count). The number of hydrogen-bond acceptors (Lipinski definition) is 3. The monoisotopic (exact) mass is 496 g/mol. The zero-order valence-electron chi connectivity index (χ0n) is 19.8. The predicted molar refractivity (Wildman–Crippen MR) is 143 cm³/mol. The van der Waals surface area contributed by atoms with Gasteiger partial charge in [0, 0.05) is 27.5 Å². The Morgan fingerprint density at radius 3 is 2.39 bits per heavy atom. The quantitative estimate of drug-likeness (QED) is 0.353. The van der Waals surface area contributed by atoms with Crippen molar-refractivity contribution in [2.24, 2.45) is 0 Å². The van der Waals surface area contributed by atoms with E-state index in [0.717, 1.165) is 22.4 Å². The van der Waals surface area contributed by atoms with Crippen molar-refractivity contribution in [1.82, 2.24) is 0 Å². The van der Waals surface area contributed by atoms with Crippen LogP contribution in [0.5, 0.6) is 5.75 Å². The molecule has 0 radical (unpaired) electrons. The van der Waals surface area contributed by atoms with Gasteiger partial charge in [-0.1, -0.05) is 54.1 Å². The van der Waals surface area contributed by atoms with Crippen LogP contribution in [0.1, 0.15) is 32.6 Å². The second-order valence-corrected chi connectivity index (χ2v) is 9.16. The standard InChI is InChI=1S/C30H25ClN2O3/c1-36-28-9-5-4-7-22(28)18-29(34)32-26-13-10-20(11-14-26)30(35)33-19-23-8-3-2-6-21(23)16-24-17-25(31)12-15-27(24)33/h2-15,17H,16,18-19H2,1H3,(H,32,34). The molecule has 1 heterocycles. The van der Waals surface area contributed by atoms with Crippen LogP contribution >= 0.6 is 11.6 Å². The van der Waals surface area contributed by atoms with Crippen molar-refractivity contribution < 1.29 is 14.3 Å². The second-order valence-electron chi connectivity index (χ2n) is 8.72. The molecular formula is C30H25ClN2O3. The van der Waals surface area contributed by atoms with Gasteiger partial charge in [-0.05, 0) is 71.6 Å². The molecule has 5 nitrogen and oxygen atoms in total. The molecule has 4 aromatic carbocycles. The summed E-state index contributed by atoms with van der Waals surface area (Å²) in [5, 5.41) is 3.55. The Bertz CT molecular complexity index is 1430.